The number of unbranched alkanes of at least 4 members (excludes halogenated alkanes) is 3. The number of hydrogen-bond donors (Lipinski definition) is 0. The average Bonchev–Trinajstić information content (AvgIpc) is 2.42. The van der Waals surface area contributed by atoms with Crippen molar-refractivity contribution in [2.45, 2.75) is 65.2 Å². The smallest absolute Gasteiger partial charge is 0.316 e. The lowest BCUT2D eigenvalue weighted by atomic mass is 9.96. The van der Waals surface area contributed by atoms with Gasteiger partial charge in [-0.1, -0.05) is 52.9 Å². The summed E-state index contributed by atoms with van der Waals surface area (Å²) in [5, 5.41) is 0. The Bertz CT molecular complexity index is 335. The number of nitrogens with zero attached hydrogens (tertiary/aromatic N) is 2. The highest BCUT2D eigenvalue weighted by molar-refractivity contribution is 5.12. The van der Waals surface area contributed by atoms with E-state index in [1.807, 2.05) is 12.4 Å². The molecule has 3 heteroatoms. The van der Waals surface area contributed by atoms with Gasteiger partial charge in [0.05, 0.1) is 7.11 Å². The molecule has 0 bridgehead atoms. The van der Waals surface area contributed by atoms with Crippen molar-refractivity contribution < 1.29 is 4.74 Å². The van der Waals surface area contributed by atoms with Gasteiger partial charge in [0.25, 0.3) is 0 Å². The van der Waals surface area contributed by atoms with E-state index < -0.39 is 0 Å². The summed E-state index contributed by atoms with van der Waals surface area (Å²) in [6.45, 7) is 6.84. The van der Waals surface area contributed by atoms with Gasteiger partial charge in [0.15, 0.2) is 0 Å². The molecule has 0 aromatic carbocycles. The molecule has 3 nitrogen and oxygen atoms in total. The van der Waals surface area contributed by atoms with Crippen LogP contribution in [0.4, 0.5) is 0 Å². The molecule has 1 aromatic rings. The Morgan fingerprint density at radius 1 is 0.947 bits per heavy atom. The molecule has 1 aromatic heterocycles. The quantitative estimate of drug-likeness (QED) is 0.612. The molecule has 1 atom stereocenters. The van der Waals surface area contributed by atoms with Crippen molar-refractivity contribution in [3.05, 3.63) is 18.0 Å². The molecule has 0 fully saturated rings. The van der Waals surface area contributed by atoms with Crippen LogP contribution in [-0.2, 0) is 0 Å². The van der Waals surface area contributed by atoms with Gasteiger partial charge in [-0.15, -0.1) is 0 Å². The van der Waals surface area contributed by atoms with Gasteiger partial charge in [-0.3, -0.25) is 0 Å². The van der Waals surface area contributed by atoms with Crippen molar-refractivity contribution in [2.24, 2.45) is 5.92 Å². The van der Waals surface area contributed by atoms with Crippen molar-refractivity contribution in [1.82, 2.24) is 9.97 Å². The highest BCUT2D eigenvalue weighted by atomic mass is 16.5. The van der Waals surface area contributed by atoms with Crippen molar-refractivity contribution in [1.29, 1.82) is 0 Å². The molecule has 0 aliphatic carbocycles. The molecule has 108 valence electrons. The zero-order valence-corrected chi connectivity index (χ0v) is 12.9. The third-order valence-electron chi connectivity index (χ3n) is 3.57. The van der Waals surface area contributed by atoms with Crippen LogP contribution in [0.15, 0.2) is 12.4 Å². The van der Waals surface area contributed by atoms with Gasteiger partial charge in [-0.2, -0.15) is 0 Å². The predicted molar refractivity (Wildman–Crippen MR) is 79.5 cm³/mol. The van der Waals surface area contributed by atoms with Crippen LogP contribution in [0.5, 0.6) is 6.01 Å². The van der Waals surface area contributed by atoms with Crippen molar-refractivity contribution >= 4 is 0 Å². The highest BCUT2D eigenvalue weighted by Gasteiger charge is 2.07. The summed E-state index contributed by atoms with van der Waals surface area (Å²) in [5.41, 5.74) is 1.21. The van der Waals surface area contributed by atoms with E-state index in [0.717, 1.165) is 5.92 Å². The molecule has 0 amide bonds. The summed E-state index contributed by atoms with van der Waals surface area (Å²) in [5.74, 6) is 1.38. The van der Waals surface area contributed by atoms with Gasteiger partial charge in [0.2, 0.25) is 0 Å². The van der Waals surface area contributed by atoms with Gasteiger partial charge in [0, 0.05) is 12.4 Å². The van der Waals surface area contributed by atoms with Crippen LogP contribution < -0.4 is 4.74 Å². The Morgan fingerprint density at radius 3 is 2.05 bits per heavy atom. The predicted octanol–water partition coefficient (Wildman–Crippen LogP) is 4.59. The summed E-state index contributed by atoms with van der Waals surface area (Å²) < 4.78 is 4.97. The average molecular weight is 264 g/mol. The molecule has 0 saturated heterocycles. The minimum atomic E-state index is 0.449. The molecule has 0 saturated carbocycles. The minimum absolute atomic E-state index is 0.449. The first-order chi connectivity index (χ1) is 9.13. The van der Waals surface area contributed by atoms with E-state index in [1.165, 1.54) is 44.1 Å². The zero-order chi connectivity index (χ0) is 14.1. The standard InChI is InChI=1S/C16H28N2O/c1-13(2)9-7-5-6-8-10-14(3)15-11-17-16(19-4)18-12-15/h11-14H,5-10H2,1-4H3/t14-/m0/s1. The maximum Gasteiger partial charge on any atom is 0.316 e. The second-order valence-electron chi connectivity index (χ2n) is 5.79. The van der Waals surface area contributed by atoms with Gasteiger partial charge < -0.3 is 4.74 Å². The highest BCUT2D eigenvalue weighted by Crippen LogP contribution is 2.22. The lowest BCUT2D eigenvalue weighted by molar-refractivity contribution is 0.378. The lowest BCUT2D eigenvalue weighted by Gasteiger charge is -2.11. The number of hydrogen-bond acceptors (Lipinski definition) is 3. The molecule has 0 aliphatic heterocycles. The van der Waals surface area contributed by atoms with E-state index in [-0.39, 0.29) is 0 Å². The molecular formula is C16H28N2O. The maximum atomic E-state index is 4.97. The fourth-order valence-electron chi connectivity index (χ4n) is 2.21. The van der Waals surface area contributed by atoms with Gasteiger partial charge >= 0.3 is 6.01 Å². The Balaban J connectivity index is 2.17. The van der Waals surface area contributed by atoms with E-state index in [2.05, 4.69) is 30.7 Å². The van der Waals surface area contributed by atoms with Gasteiger partial charge in [-0.05, 0) is 23.8 Å². The molecule has 0 spiro atoms. The van der Waals surface area contributed by atoms with Crippen LogP contribution in [-0.4, -0.2) is 17.1 Å². The Labute approximate surface area is 117 Å². The summed E-state index contributed by atoms with van der Waals surface area (Å²) in [7, 11) is 1.59. The maximum absolute atomic E-state index is 4.97. The molecule has 0 unspecified atom stereocenters. The number of rotatable bonds is 9. The summed E-state index contributed by atoms with van der Waals surface area (Å²) >= 11 is 0. The van der Waals surface area contributed by atoms with Gasteiger partial charge in [-0.25, -0.2) is 9.97 Å². The summed E-state index contributed by atoms with van der Waals surface area (Å²) in [4.78, 5) is 8.32. The first-order valence-electron chi connectivity index (χ1n) is 7.49. The summed E-state index contributed by atoms with van der Waals surface area (Å²) in [6.07, 6.45) is 11.7. The second-order valence-corrected chi connectivity index (χ2v) is 5.79. The Hall–Kier alpha value is -1.12. The normalized spacial score (nSPS) is 12.7. The van der Waals surface area contributed by atoms with Gasteiger partial charge in [0.1, 0.15) is 0 Å². The molecule has 1 rings (SSSR count). The van der Waals surface area contributed by atoms with Crippen molar-refractivity contribution in [3.8, 4) is 6.01 Å². The fraction of sp³-hybridized carbons (Fsp3) is 0.750. The summed E-state index contributed by atoms with van der Waals surface area (Å²) in [6, 6.07) is 0.449. The molecule has 0 radical (unpaired) electrons. The van der Waals surface area contributed by atoms with Crippen LogP contribution >= 0.6 is 0 Å². The Kier molecular flexibility index (Phi) is 7.46. The molecule has 0 aliphatic rings. The molecular weight excluding hydrogens is 236 g/mol. The van der Waals surface area contributed by atoms with Crippen LogP contribution in [0.3, 0.4) is 0 Å². The zero-order valence-electron chi connectivity index (χ0n) is 12.9. The first-order valence-corrected chi connectivity index (χ1v) is 7.49. The van der Waals surface area contributed by atoms with Crippen LogP contribution in [0, 0.1) is 5.92 Å². The lowest BCUT2D eigenvalue weighted by Crippen LogP contribution is -1.98. The fourth-order valence-corrected chi connectivity index (χ4v) is 2.21. The van der Waals surface area contributed by atoms with Crippen molar-refractivity contribution in [2.75, 3.05) is 7.11 Å². The van der Waals surface area contributed by atoms with E-state index in [9.17, 15) is 0 Å². The molecule has 19 heavy (non-hydrogen) atoms. The monoisotopic (exact) mass is 264 g/mol. The Morgan fingerprint density at radius 2 is 1.53 bits per heavy atom. The van der Waals surface area contributed by atoms with E-state index in [1.54, 1.807) is 7.11 Å². The number of methoxy groups -OCH3 is 1. The minimum Gasteiger partial charge on any atom is -0.467 e. The van der Waals surface area contributed by atoms with E-state index in [4.69, 9.17) is 4.74 Å². The van der Waals surface area contributed by atoms with Crippen LogP contribution in [0.2, 0.25) is 0 Å². The second kappa shape index (κ2) is 8.89. The van der Waals surface area contributed by atoms with Crippen molar-refractivity contribution in [3.63, 3.8) is 0 Å². The topological polar surface area (TPSA) is 35.0 Å². The number of aromatic nitrogens is 2. The van der Waals surface area contributed by atoms with E-state index in [0.29, 0.717) is 11.9 Å². The van der Waals surface area contributed by atoms with E-state index >= 15 is 0 Å². The van der Waals surface area contributed by atoms with Crippen LogP contribution in [0.25, 0.3) is 0 Å². The molecule has 0 N–H and O–H groups in total. The largest absolute Gasteiger partial charge is 0.467 e. The first kappa shape index (κ1) is 15.9. The third kappa shape index (κ3) is 6.55. The number of ether oxygens (including phenoxy) is 1. The van der Waals surface area contributed by atoms with Crippen LogP contribution in [0.1, 0.15) is 70.8 Å². The molecule has 1 heterocycles. The third-order valence-corrected chi connectivity index (χ3v) is 3.57. The SMILES string of the molecule is COc1ncc([C@@H](C)CCCCCCC(C)C)cn1.